The Kier molecular flexibility index (Phi) is 3.92. The molecule has 0 spiro atoms. The molecule has 4 aliphatic rings. The van der Waals surface area contributed by atoms with Gasteiger partial charge in [0.15, 0.2) is 0 Å². The van der Waals surface area contributed by atoms with Crippen LogP contribution in [0.2, 0.25) is 0 Å². The number of carbonyl (C=O) groups is 1. The first-order chi connectivity index (χ1) is 10.3. The van der Waals surface area contributed by atoms with E-state index in [9.17, 15) is 4.79 Å². The van der Waals surface area contributed by atoms with Crippen molar-refractivity contribution < 1.29 is 4.79 Å². The van der Waals surface area contributed by atoms with Crippen molar-refractivity contribution in [3.63, 3.8) is 0 Å². The molecule has 3 heterocycles. The van der Waals surface area contributed by atoms with Crippen molar-refractivity contribution in [3.05, 3.63) is 0 Å². The molecule has 1 aliphatic carbocycles. The summed E-state index contributed by atoms with van der Waals surface area (Å²) in [6, 6.07) is 1.39. The molecule has 4 atom stereocenters. The number of nitrogens with zero attached hydrogens (tertiary/aromatic N) is 2. The highest BCUT2D eigenvalue weighted by atomic mass is 16.2. The lowest BCUT2D eigenvalue weighted by molar-refractivity contribution is -0.136. The second-order valence-corrected chi connectivity index (χ2v) is 7.58. The number of hydrogen-bond acceptors (Lipinski definition) is 3. The van der Waals surface area contributed by atoms with Gasteiger partial charge in [0.25, 0.3) is 0 Å². The van der Waals surface area contributed by atoms with Gasteiger partial charge in [0.1, 0.15) is 0 Å². The maximum atomic E-state index is 12.9. The van der Waals surface area contributed by atoms with Gasteiger partial charge in [-0.1, -0.05) is 19.3 Å². The van der Waals surface area contributed by atoms with Crippen LogP contribution in [0.25, 0.3) is 0 Å². The summed E-state index contributed by atoms with van der Waals surface area (Å²) < 4.78 is 0. The lowest BCUT2D eigenvalue weighted by Gasteiger charge is -2.44. The summed E-state index contributed by atoms with van der Waals surface area (Å²) in [5.74, 6) is 1.17. The summed E-state index contributed by atoms with van der Waals surface area (Å²) in [5, 5.41) is 3.66. The van der Waals surface area contributed by atoms with E-state index in [2.05, 4.69) is 15.1 Å². The lowest BCUT2D eigenvalue weighted by atomic mass is 9.85. The van der Waals surface area contributed by atoms with Crippen molar-refractivity contribution in [2.75, 3.05) is 26.2 Å². The molecule has 21 heavy (non-hydrogen) atoms. The highest BCUT2D eigenvalue weighted by molar-refractivity contribution is 5.82. The van der Waals surface area contributed by atoms with E-state index in [0.717, 1.165) is 32.0 Å². The van der Waals surface area contributed by atoms with Gasteiger partial charge in [-0.25, -0.2) is 0 Å². The van der Waals surface area contributed by atoms with Crippen LogP contribution >= 0.6 is 0 Å². The maximum absolute atomic E-state index is 12.9. The van der Waals surface area contributed by atoms with Crippen LogP contribution < -0.4 is 5.32 Å². The predicted octanol–water partition coefficient (Wildman–Crippen LogP) is 1.60. The Hall–Kier alpha value is -0.610. The second kappa shape index (κ2) is 5.88. The zero-order valence-electron chi connectivity index (χ0n) is 13.1. The van der Waals surface area contributed by atoms with E-state index in [-0.39, 0.29) is 6.04 Å². The number of amides is 1. The summed E-state index contributed by atoms with van der Waals surface area (Å²) in [7, 11) is 0. The summed E-state index contributed by atoms with van der Waals surface area (Å²) >= 11 is 0. The molecule has 0 aromatic heterocycles. The SMILES string of the molecule is O=C(C1CC2CCCCC2N1)N1CCN2CCCCC2C1. The minimum absolute atomic E-state index is 0.119. The van der Waals surface area contributed by atoms with Crippen LogP contribution in [0.1, 0.15) is 51.4 Å². The molecule has 3 saturated heterocycles. The number of rotatable bonds is 1. The highest BCUT2D eigenvalue weighted by Gasteiger charge is 2.41. The first-order valence-corrected chi connectivity index (χ1v) is 9.10. The molecule has 118 valence electrons. The molecular formula is C17H29N3O. The average molecular weight is 291 g/mol. The number of carbonyl (C=O) groups excluding carboxylic acids is 1. The van der Waals surface area contributed by atoms with E-state index >= 15 is 0 Å². The van der Waals surface area contributed by atoms with E-state index in [0.29, 0.717) is 18.0 Å². The molecule has 4 nitrogen and oxygen atoms in total. The Balaban J connectivity index is 1.37. The first kappa shape index (κ1) is 14.0. The van der Waals surface area contributed by atoms with Crippen molar-refractivity contribution in [2.24, 2.45) is 5.92 Å². The van der Waals surface area contributed by atoms with Crippen molar-refractivity contribution in [1.29, 1.82) is 0 Å². The van der Waals surface area contributed by atoms with Gasteiger partial charge < -0.3 is 10.2 Å². The van der Waals surface area contributed by atoms with Crippen LogP contribution in [0.5, 0.6) is 0 Å². The largest absolute Gasteiger partial charge is 0.338 e. The lowest BCUT2D eigenvalue weighted by Crippen LogP contribution is -2.58. The van der Waals surface area contributed by atoms with Gasteiger partial charge in [-0.05, 0) is 44.6 Å². The third kappa shape index (κ3) is 2.72. The standard InChI is InChI=1S/C17H29N3O/c21-17(16-11-13-5-1-2-7-15(13)18-16)20-10-9-19-8-4-3-6-14(19)12-20/h13-16,18H,1-12H2. The summed E-state index contributed by atoms with van der Waals surface area (Å²) in [6.07, 6.45) is 10.4. The minimum atomic E-state index is 0.119. The molecule has 4 fully saturated rings. The van der Waals surface area contributed by atoms with Crippen LogP contribution in [-0.4, -0.2) is 60.0 Å². The highest BCUT2D eigenvalue weighted by Crippen LogP contribution is 2.34. The quantitative estimate of drug-likeness (QED) is 0.797. The van der Waals surface area contributed by atoms with E-state index in [1.54, 1.807) is 0 Å². The molecule has 3 aliphatic heterocycles. The van der Waals surface area contributed by atoms with Gasteiger partial charge in [0.2, 0.25) is 5.91 Å². The third-order valence-corrected chi connectivity index (χ3v) is 6.31. The molecule has 4 unspecified atom stereocenters. The van der Waals surface area contributed by atoms with Crippen molar-refractivity contribution >= 4 is 5.91 Å². The molecule has 0 bridgehead atoms. The molecule has 0 aromatic rings. The smallest absolute Gasteiger partial charge is 0.239 e. The second-order valence-electron chi connectivity index (χ2n) is 7.58. The Morgan fingerprint density at radius 3 is 2.71 bits per heavy atom. The Morgan fingerprint density at radius 1 is 0.952 bits per heavy atom. The molecule has 4 rings (SSSR count). The third-order valence-electron chi connectivity index (χ3n) is 6.31. The van der Waals surface area contributed by atoms with E-state index in [1.807, 2.05) is 0 Å². The Morgan fingerprint density at radius 2 is 1.81 bits per heavy atom. The Labute approximate surface area is 128 Å². The Bertz CT molecular complexity index is 385. The van der Waals surface area contributed by atoms with E-state index < -0.39 is 0 Å². The zero-order chi connectivity index (χ0) is 14.2. The first-order valence-electron chi connectivity index (χ1n) is 9.10. The normalized spacial score (nSPS) is 40.7. The van der Waals surface area contributed by atoms with E-state index in [1.165, 1.54) is 51.5 Å². The fourth-order valence-electron chi connectivity index (χ4n) is 5.09. The minimum Gasteiger partial charge on any atom is -0.338 e. The van der Waals surface area contributed by atoms with Gasteiger partial charge in [-0.2, -0.15) is 0 Å². The predicted molar refractivity (Wildman–Crippen MR) is 83.1 cm³/mol. The number of hydrogen-bond donors (Lipinski definition) is 1. The number of piperazine rings is 1. The number of fused-ring (bicyclic) bond motifs is 2. The van der Waals surface area contributed by atoms with Crippen molar-refractivity contribution in [3.8, 4) is 0 Å². The molecular weight excluding hydrogens is 262 g/mol. The fraction of sp³-hybridized carbons (Fsp3) is 0.941. The maximum Gasteiger partial charge on any atom is 0.239 e. The molecule has 1 saturated carbocycles. The summed E-state index contributed by atoms with van der Waals surface area (Å²) in [6.45, 7) is 4.27. The van der Waals surface area contributed by atoms with Gasteiger partial charge in [0, 0.05) is 31.7 Å². The van der Waals surface area contributed by atoms with Crippen LogP contribution in [0, 0.1) is 5.92 Å². The van der Waals surface area contributed by atoms with Gasteiger partial charge >= 0.3 is 0 Å². The number of nitrogens with one attached hydrogen (secondary N) is 1. The average Bonchev–Trinajstić information content (AvgIpc) is 2.97. The topological polar surface area (TPSA) is 35.6 Å². The molecule has 4 heteroatoms. The van der Waals surface area contributed by atoms with Gasteiger partial charge in [0.05, 0.1) is 6.04 Å². The van der Waals surface area contributed by atoms with Gasteiger partial charge in [-0.15, -0.1) is 0 Å². The zero-order valence-corrected chi connectivity index (χ0v) is 13.1. The molecule has 1 amide bonds. The molecule has 0 aromatic carbocycles. The summed E-state index contributed by atoms with van der Waals surface area (Å²) in [4.78, 5) is 17.6. The van der Waals surface area contributed by atoms with E-state index in [4.69, 9.17) is 0 Å². The van der Waals surface area contributed by atoms with Crippen LogP contribution in [0.3, 0.4) is 0 Å². The molecule has 1 N–H and O–H groups in total. The summed E-state index contributed by atoms with van der Waals surface area (Å²) in [5.41, 5.74) is 0. The van der Waals surface area contributed by atoms with Crippen LogP contribution in [0.15, 0.2) is 0 Å². The number of piperidine rings is 1. The van der Waals surface area contributed by atoms with Crippen LogP contribution in [0.4, 0.5) is 0 Å². The van der Waals surface area contributed by atoms with Crippen LogP contribution in [-0.2, 0) is 4.79 Å². The fourth-order valence-corrected chi connectivity index (χ4v) is 5.09. The van der Waals surface area contributed by atoms with Crippen molar-refractivity contribution in [2.45, 2.75) is 69.5 Å². The molecule has 0 radical (unpaired) electrons. The monoisotopic (exact) mass is 291 g/mol. The van der Waals surface area contributed by atoms with Gasteiger partial charge in [-0.3, -0.25) is 9.69 Å². The van der Waals surface area contributed by atoms with Crippen molar-refractivity contribution in [1.82, 2.24) is 15.1 Å².